The molecule has 3 N–H and O–H groups in total. The molecule has 7 nitrogen and oxygen atoms in total. The second kappa shape index (κ2) is 10.4. The van der Waals surface area contributed by atoms with E-state index < -0.39 is 11.4 Å². The van der Waals surface area contributed by atoms with Crippen molar-refractivity contribution in [2.75, 3.05) is 6.54 Å². The maximum absolute atomic E-state index is 13.9. The molecule has 6 aliphatic carbocycles. The maximum Gasteiger partial charge on any atom is 0.407 e. The van der Waals surface area contributed by atoms with Crippen LogP contribution in [0.4, 0.5) is 4.79 Å². The zero-order chi connectivity index (χ0) is 31.2. The van der Waals surface area contributed by atoms with Gasteiger partial charge in [0.2, 0.25) is 5.91 Å². The van der Waals surface area contributed by atoms with E-state index in [9.17, 15) is 19.5 Å². The predicted molar refractivity (Wildman–Crippen MR) is 166 cm³/mol. The Labute approximate surface area is 259 Å². The highest BCUT2D eigenvalue weighted by Gasteiger charge is 2.72. The Morgan fingerprint density at radius 2 is 1.53 bits per heavy atom. The van der Waals surface area contributed by atoms with Gasteiger partial charge in [-0.3, -0.25) is 9.59 Å². The van der Waals surface area contributed by atoms with Gasteiger partial charge in [-0.15, -0.1) is 0 Å². The molecule has 0 aromatic heterocycles. The fourth-order valence-electron chi connectivity index (χ4n) is 12.9. The zero-order valence-electron chi connectivity index (χ0n) is 27.9. The average molecular weight is 599 g/mol. The van der Waals surface area contributed by atoms with E-state index in [0.717, 1.165) is 64.2 Å². The first-order chi connectivity index (χ1) is 20.1. The monoisotopic (exact) mass is 598 g/mol. The number of ether oxygens (including phenoxy) is 1. The van der Waals surface area contributed by atoms with Crippen molar-refractivity contribution in [3.63, 3.8) is 0 Å². The second-order valence-electron chi connectivity index (χ2n) is 17.5. The fraction of sp³-hybridized carbons (Fsp3) is 0.917. The summed E-state index contributed by atoms with van der Waals surface area (Å²) in [4.78, 5) is 38.0. The maximum atomic E-state index is 13.9. The van der Waals surface area contributed by atoms with Gasteiger partial charge in [-0.25, -0.2) is 4.79 Å². The summed E-state index contributed by atoms with van der Waals surface area (Å²) in [7, 11) is 0. The van der Waals surface area contributed by atoms with Crippen molar-refractivity contribution >= 4 is 18.0 Å². The molecule has 0 aliphatic heterocycles. The summed E-state index contributed by atoms with van der Waals surface area (Å²) in [6, 6.07) is 0.309. The van der Waals surface area contributed by atoms with Crippen LogP contribution in [-0.2, 0) is 14.3 Å². The van der Waals surface area contributed by atoms with Gasteiger partial charge in [0, 0.05) is 11.5 Å². The Hall–Kier alpha value is -1.79. The molecule has 6 fully saturated rings. The van der Waals surface area contributed by atoms with Crippen molar-refractivity contribution in [1.29, 1.82) is 0 Å². The normalized spacial score (nSPS) is 46.5. The number of nitrogens with one attached hydrogen (secondary N) is 2. The molecule has 6 saturated carbocycles. The predicted octanol–water partition coefficient (Wildman–Crippen LogP) is 7.18. The van der Waals surface area contributed by atoms with Gasteiger partial charge in [-0.2, -0.15) is 0 Å². The number of carbonyl (C=O) groups excluding carboxylic acids is 2. The number of carboxylic acids is 1. The summed E-state index contributed by atoms with van der Waals surface area (Å²) in [5.74, 6) is 1.94. The summed E-state index contributed by atoms with van der Waals surface area (Å²) in [6.45, 7) is 16.9. The van der Waals surface area contributed by atoms with E-state index >= 15 is 0 Å². The third-order valence-corrected chi connectivity index (χ3v) is 15.3. The molecule has 0 aromatic rings. The molecule has 7 heteroatoms. The average Bonchev–Trinajstić information content (AvgIpc) is 3.64. The minimum atomic E-state index is -0.968. The standard InChI is InChI=1S/C36H58N2O5/c1-21(2)23-12-17-36(30(41)37-20-28(39)40)19-18-34(6)24(29(23)36)10-11-26-33(5)15-14-27(43-31(42)38-22-8-9-22)32(3,4)25(33)13-16-35(26,34)7/h21-27,29H,8-20H2,1-7H3,(H,37,41)(H,38,42)(H,39,40)/t23-,24+,25-,26+,27+,29+,33-,34+,35+,36-/m0/s1. The Kier molecular flexibility index (Phi) is 7.53. The molecule has 0 saturated heterocycles. The van der Waals surface area contributed by atoms with Crippen molar-refractivity contribution in [3.05, 3.63) is 0 Å². The third-order valence-electron chi connectivity index (χ3n) is 15.3. The second-order valence-corrected chi connectivity index (χ2v) is 17.5. The molecule has 0 aromatic carbocycles. The molecule has 0 unspecified atom stereocenters. The lowest BCUT2D eigenvalue weighted by atomic mass is 9.32. The first-order valence-electron chi connectivity index (χ1n) is 17.6. The summed E-state index contributed by atoms with van der Waals surface area (Å²) < 4.78 is 6.14. The molecule has 6 aliphatic rings. The van der Waals surface area contributed by atoms with Gasteiger partial charge < -0.3 is 20.5 Å². The SMILES string of the molecule is CC(C)[C@@H]1CC[C@]2(C(=O)NCC(=O)O)CC[C@]3(C)[C@H](CC[C@@H]4[C@@]5(C)CC[C@@H](OC(=O)NC6CC6)C(C)(C)[C@@H]5CC[C@]43C)[C@@H]12. The van der Waals surface area contributed by atoms with Gasteiger partial charge in [-0.05, 0) is 129 Å². The largest absolute Gasteiger partial charge is 0.480 e. The van der Waals surface area contributed by atoms with Crippen molar-refractivity contribution in [2.24, 2.45) is 62.6 Å². The highest BCUT2D eigenvalue weighted by atomic mass is 16.6. The van der Waals surface area contributed by atoms with Crippen LogP contribution < -0.4 is 10.6 Å². The Balaban J connectivity index is 1.28. The van der Waals surface area contributed by atoms with E-state index in [-0.39, 0.29) is 46.3 Å². The first kappa shape index (κ1) is 31.2. The van der Waals surface area contributed by atoms with E-state index in [1.54, 1.807) is 0 Å². The number of carbonyl (C=O) groups is 3. The van der Waals surface area contributed by atoms with Gasteiger partial charge in [0.1, 0.15) is 12.6 Å². The zero-order valence-corrected chi connectivity index (χ0v) is 27.9. The van der Waals surface area contributed by atoms with Gasteiger partial charge in [0.25, 0.3) is 0 Å². The highest BCUT2D eigenvalue weighted by molar-refractivity contribution is 5.86. The molecule has 2 amide bonds. The van der Waals surface area contributed by atoms with Crippen LogP contribution in [0.1, 0.15) is 126 Å². The van der Waals surface area contributed by atoms with Crippen LogP contribution in [0.25, 0.3) is 0 Å². The molecule has 43 heavy (non-hydrogen) atoms. The van der Waals surface area contributed by atoms with Crippen LogP contribution >= 0.6 is 0 Å². The van der Waals surface area contributed by atoms with Crippen LogP contribution in [0.5, 0.6) is 0 Å². The van der Waals surface area contributed by atoms with Crippen LogP contribution in [0.2, 0.25) is 0 Å². The summed E-state index contributed by atoms with van der Waals surface area (Å²) in [5, 5.41) is 15.2. The molecular weight excluding hydrogens is 540 g/mol. The summed E-state index contributed by atoms with van der Waals surface area (Å²) >= 11 is 0. The molecule has 0 spiro atoms. The van der Waals surface area contributed by atoms with E-state index in [2.05, 4.69) is 59.1 Å². The first-order valence-corrected chi connectivity index (χ1v) is 17.6. The van der Waals surface area contributed by atoms with Gasteiger partial charge in [-0.1, -0.05) is 48.5 Å². The number of amides is 2. The van der Waals surface area contributed by atoms with Gasteiger partial charge in [0.15, 0.2) is 0 Å². The lowest BCUT2D eigenvalue weighted by molar-refractivity contribution is -0.247. The lowest BCUT2D eigenvalue weighted by Crippen LogP contribution is -2.67. The molecule has 0 heterocycles. The number of hydrogen-bond donors (Lipinski definition) is 3. The summed E-state index contributed by atoms with van der Waals surface area (Å²) in [6.07, 6.45) is 12.5. The molecule has 0 bridgehead atoms. The van der Waals surface area contributed by atoms with Crippen LogP contribution in [0.15, 0.2) is 0 Å². The van der Waals surface area contributed by atoms with E-state index in [1.807, 2.05) is 0 Å². The molecule has 242 valence electrons. The molecular formula is C36H58N2O5. The van der Waals surface area contributed by atoms with E-state index in [0.29, 0.717) is 41.5 Å². The minimum absolute atomic E-state index is 0.00107. The van der Waals surface area contributed by atoms with Crippen molar-refractivity contribution in [2.45, 2.75) is 138 Å². The summed E-state index contributed by atoms with van der Waals surface area (Å²) in [5.41, 5.74) is 0.00656. The molecule has 6 rings (SSSR count). The number of aliphatic carboxylic acids is 1. The molecule has 10 atom stereocenters. The Bertz CT molecular complexity index is 1150. The highest BCUT2D eigenvalue weighted by Crippen LogP contribution is 2.77. The quantitative estimate of drug-likeness (QED) is 0.300. The van der Waals surface area contributed by atoms with E-state index in [1.165, 1.54) is 12.8 Å². The third kappa shape index (κ3) is 4.58. The topological polar surface area (TPSA) is 105 Å². The van der Waals surface area contributed by atoms with Crippen molar-refractivity contribution < 1.29 is 24.2 Å². The molecule has 0 radical (unpaired) electrons. The number of hydrogen-bond acceptors (Lipinski definition) is 4. The number of rotatable bonds is 6. The Morgan fingerprint density at radius 1 is 0.814 bits per heavy atom. The van der Waals surface area contributed by atoms with Gasteiger partial charge >= 0.3 is 12.1 Å². The number of fused-ring (bicyclic) bond motifs is 7. The lowest BCUT2D eigenvalue weighted by Gasteiger charge is -2.73. The van der Waals surface area contributed by atoms with E-state index in [4.69, 9.17) is 4.74 Å². The van der Waals surface area contributed by atoms with Crippen LogP contribution in [0.3, 0.4) is 0 Å². The minimum Gasteiger partial charge on any atom is -0.480 e. The van der Waals surface area contributed by atoms with Crippen LogP contribution in [0, 0.1) is 62.6 Å². The Morgan fingerprint density at radius 3 is 2.19 bits per heavy atom. The number of alkyl carbamates (subject to hydrolysis) is 1. The van der Waals surface area contributed by atoms with Crippen LogP contribution in [-0.4, -0.2) is 41.8 Å². The van der Waals surface area contributed by atoms with Crippen molar-refractivity contribution in [3.8, 4) is 0 Å². The van der Waals surface area contributed by atoms with Crippen molar-refractivity contribution in [1.82, 2.24) is 10.6 Å². The smallest absolute Gasteiger partial charge is 0.407 e. The van der Waals surface area contributed by atoms with Gasteiger partial charge in [0.05, 0.1) is 5.41 Å². The fourth-order valence-corrected chi connectivity index (χ4v) is 12.9. The number of carboxylic acid groups (broad SMARTS) is 1.